The van der Waals surface area contributed by atoms with Gasteiger partial charge >= 0.3 is 0 Å². The molecule has 6 nitrogen and oxygen atoms in total. The molecule has 0 aliphatic heterocycles. The van der Waals surface area contributed by atoms with Gasteiger partial charge in [0.1, 0.15) is 5.75 Å². The summed E-state index contributed by atoms with van der Waals surface area (Å²) in [5.74, 6) is 1.85. The highest BCUT2D eigenvalue weighted by molar-refractivity contribution is 6.32. The first-order valence-corrected chi connectivity index (χ1v) is 7.53. The topological polar surface area (TPSA) is 63.2 Å². The number of ether oxygens (including phenoxy) is 1. The molecule has 0 unspecified atom stereocenters. The van der Waals surface area contributed by atoms with Crippen LogP contribution in [0.4, 0.5) is 17.5 Å². The zero-order valence-corrected chi connectivity index (χ0v) is 13.8. The molecule has 0 radical (unpaired) electrons. The van der Waals surface area contributed by atoms with Crippen molar-refractivity contribution in [1.29, 1.82) is 0 Å². The van der Waals surface area contributed by atoms with E-state index in [4.69, 9.17) is 16.3 Å². The predicted molar refractivity (Wildman–Crippen MR) is 89.3 cm³/mol. The van der Waals surface area contributed by atoms with Gasteiger partial charge < -0.3 is 15.0 Å². The molecule has 7 heteroatoms. The number of nitrogens with zero attached hydrogens (tertiary/aromatic N) is 4. The largest absolute Gasteiger partial charge is 0.495 e. The first-order chi connectivity index (χ1) is 10.6. The normalized spacial score (nSPS) is 10.4. The van der Waals surface area contributed by atoms with Crippen molar-refractivity contribution in [3.8, 4) is 5.75 Å². The van der Waals surface area contributed by atoms with Crippen LogP contribution in [0.3, 0.4) is 0 Å². The van der Waals surface area contributed by atoms with Crippen molar-refractivity contribution >= 4 is 29.1 Å². The fourth-order valence-corrected chi connectivity index (χ4v) is 2.16. The zero-order chi connectivity index (χ0) is 15.9. The van der Waals surface area contributed by atoms with E-state index in [1.807, 2.05) is 18.0 Å². The number of benzene rings is 1. The Bertz CT molecular complexity index is 623. The van der Waals surface area contributed by atoms with Crippen molar-refractivity contribution in [3.05, 3.63) is 29.4 Å². The summed E-state index contributed by atoms with van der Waals surface area (Å²) in [6.07, 6.45) is 3.79. The molecule has 118 valence electrons. The van der Waals surface area contributed by atoms with Crippen molar-refractivity contribution in [2.45, 2.75) is 19.8 Å². The lowest BCUT2D eigenvalue weighted by molar-refractivity contribution is 0.415. The number of halogens is 1. The Morgan fingerprint density at radius 3 is 2.86 bits per heavy atom. The molecular formula is C15H20ClN5O. The number of aromatic nitrogens is 3. The van der Waals surface area contributed by atoms with Gasteiger partial charge in [-0.15, -0.1) is 5.10 Å². The van der Waals surface area contributed by atoms with Crippen LogP contribution < -0.4 is 15.0 Å². The summed E-state index contributed by atoms with van der Waals surface area (Å²) in [4.78, 5) is 6.45. The van der Waals surface area contributed by atoms with Gasteiger partial charge in [0.05, 0.1) is 18.3 Å². The molecule has 1 N–H and O–H groups in total. The molecule has 0 saturated carbocycles. The molecule has 0 atom stereocenters. The van der Waals surface area contributed by atoms with E-state index >= 15 is 0 Å². The number of hydrogen-bond acceptors (Lipinski definition) is 6. The Kier molecular flexibility index (Phi) is 5.77. The number of unbranched alkanes of at least 4 members (excludes halogenated alkanes) is 1. The Morgan fingerprint density at radius 2 is 2.18 bits per heavy atom. The monoisotopic (exact) mass is 321 g/mol. The Morgan fingerprint density at radius 1 is 1.36 bits per heavy atom. The SMILES string of the molecule is CCCCN(C)c1nncc(Nc2ccc(OC)c(Cl)c2)n1. The third-order valence-electron chi connectivity index (χ3n) is 3.16. The van der Waals surface area contributed by atoms with Gasteiger partial charge in [0.2, 0.25) is 5.95 Å². The van der Waals surface area contributed by atoms with Crippen LogP contribution in [0.2, 0.25) is 5.02 Å². The fraction of sp³-hybridized carbons (Fsp3) is 0.400. The van der Waals surface area contributed by atoms with Gasteiger partial charge in [-0.3, -0.25) is 0 Å². The smallest absolute Gasteiger partial charge is 0.247 e. The van der Waals surface area contributed by atoms with E-state index in [1.165, 1.54) is 0 Å². The van der Waals surface area contributed by atoms with Gasteiger partial charge in [0.25, 0.3) is 0 Å². The number of anilines is 3. The van der Waals surface area contributed by atoms with Crippen LogP contribution in [-0.2, 0) is 0 Å². The summed E-state index contributed by atoms with van der Waals surface area (Å²) < 4.78 is 5.13. The van der Waals surface area contributed by atoms with Crippen molar-refractivity contribution in [3.63, 3.8) is 0 Å². The van der Waals surface area contributed by atoms with Crippen LogP contribution >= 0.6 is 11.6 Å². The van der Waals surface area contributed by atoms with Crippen molar-refractivity contribution in [1.82, 2.24) is 15.2 Å². The van der Waals surface area contributed by atoms with Crippen LogP contribution in [0.5, 0.6) is 5.75 Å². The van der Waals surface area contributed by atoms with E-state index in [0.29, 0.717) is 22.5 Å². The minimum Gasteiger partial charge on any atom is -0.495 e. The second-order valence-corrected chi connectivity index (χ2v) is 5.30. The van der Waals surface area contributed by atoms with Crippen molar-refractivity contribution in [2.75, 3.05) is 30.9 Å². The standard InChI is InChI=1S/C15H20ClN5O/c1-4-5-8-21(2)15-19-14(10-17-20-15)18-11-6-7-13(22-3)12(16)9-11/h6-7,9-10H,4-5,8H2,1-3H3,(H,18,19,20). The van der Waals surface area contributed by atoms with Crippen molar-refractivity contribution in [2.24, 2.45) is 0 Å². The van der Waals surface area contributed by atoms with E-state index in [9.17, 15) is 0 Å². The lowest BCUT2D eigenvalue weighted by atomic mass is 10.3. The summed E-state index contributed by atoms with van der Waals surface area (Å²) in [7, 11) is 3.54. The lowest BCUT2D eigenvalue weighted by Gasteiger charge is -2.16. The fourth-order valence-electron chi connectivity index (χ4n) is 1.90. The van der Waals surface area contributed by atoms with E-state index in [2.05, 4.69) is 27.4 Å². The first-order valence-electron chi connectivity index (χ1n) is 7.15. The summed E-state index contributed by atoms with van der Waals surface area (Å²) in [5.41, 5.74) is 0.813. The van der Waals surface area contributed by atoms with E-state index in [-0.39, 0.29) is 0 Å². The third-order valence-corrected chi connectivity index (χ3v) is 3.46. The maximum absolute atomic E-state index is 6.11. The Hall–Kier alpha value is -2.08. The molecule has 0 amide bonds. The second kappa shape index (κ2) is 7.79. The van der Waals surface area contributed by atoms with Crippen LogP contribution in [0.15, 0.2) is 24.4 Å². The van der Waals surface area contributed by atoms with Gasteiger partial charge in [0, 0.05) is 19.3 Å². The van der Waals surface area contributed by atoms with Gasteiger partial charge in [0.15, 0.2) is 5.82 Å². The highest BCUT2D eigenvalue weighted by Gasteiger charge is 2.07. The van der Waals surface area contributed by atoms with Crippen LogP contribution in [0.1, 0.15) is 19.8 Å². The quantitative estimate of drug-likeness (QED) is 0.842. The number of methoxy groups -OCH3 is 1. The van der Waals surface area contributed by atoms with E-state index < -0.39 is 0 Å². The minimum absolute atomic E-state index is 0.537. The molecule has 1 aromatic heterocycles. The van der Waals surface area contributed by atoms with Gasteiger partial charge in [-0.05, 0) is 24.6 Å². The van der Waals surface area contributed by atoms with Gasteiger partial charge in [-0.1, -0.05) is 24.9 Å². The molecule has 2 rings (SSSR count). The molecule has 1 heterocycles. The summed E-state index contributed by atoms with van der Waals surface area (Å²) >= 11 is 6.11. The lowest BCUT2D eigenvalue weighted by Crippen LogP contribution is -2.21. The van der Waals surface area contributed by atoms with Crippen molar-refractivity contribution < 1.29 is 4.74 Å². The predicted octanol–water partition coefficient (Wildman–Crippen LogP) is 3.51. The molecule has 2 aromatic rings. The molecule has 0 spiro atoms. The van der Waals surface area contributed by atoms with E-state index in [0.717, 1.165) is 25.1 Å². The molecule has 22 heavy (non-hydrogen) atoms. The zero-order valence-electron chi connectivity index (χ0n) is 13.0. The average molecular weight is 322 g/mol. The van der Waals surface area contributed by atoms with E-state index in [1.54, 1.807) is 25.4 Å². The number of hydrogen-bond donors (Lipinski definition) is 1. The molecule has 1 aromatic carbocycles. The Labute approximate surface area is 135 Å². The number of nitrogens with one attached hydrogen (secondary N) is 1. The molecule has 0 bridgehead atoms. The summed E-state index contributed by atoms with van der Waals surface area (Å²) in [5, 5.41) is 11.8. The maximum Gasteiger partial charge on any atom is 0.247 e. The Balaban J connectivity index is 2.11. The van der Waals surface area contributed by atoms with Crippen LogP contribution in [-0.4, -0.2) is 35.9 Å². The summed E-state index contributed by atoms with van der Waals surface area (Å²) in [6, 6.07) is 5.45. The second-order valence-electron chi connectivity index (χ2n) is 4.89. The first kappa shape index (κ1) is 16.3. The van der Waals surface area contributed by atoms with Crippen LogP contribution in [0, 0.1) is 0 Å². The molecule has 0 aliphatic rings. The maximum atomic E-state index is 6.11. The van der Waals surface area contributed by atoms with Crippen LogP contribution in [0.25, 0.3) is 0 Å². The highest BCUT2D eigenvalue weighted by atomic mass is 35.5. The summed E-state index contributed by atoms with van der Waals surface area (Å²) in [6.45, 7) is 3.05. The minimum atomic E-state index is 0.537. The van der Waals surface area contributed by atoms with Gasteiger partial charge in [-0.25, -0.2) is 0 Å². The molecular weight excluding hydrogens is 302 g/mol. The third kappa shape index (κ3) is 4.21. The molecule has 0 saturated heterocycles. The highest BCUT2D eigenvalue weighted by Crippen LogP contribution is 2.28. The van der Waals surface area contributed by atoms with Gasteiger partial charge in [-0.2, -0.15) is 10.1 Å². The molecule has 0 aliphatic carbocycles. The number of rotatable bonds is 7. The molecule has 0 fully saturated rings. The average Bonchev–Trinajstić information content (AvgIpc) is 2.53.